The van der Waals surface area contributed by atoms with Gasteiger partial charge in [-0.1, -0.05) is 17.7 Å². The van der Waals surface area contributed by atoms with Crippen LogP contribution in [0.2, 0.25) is 5.02 Å². The van der Waals surface area contributed by atoms with Crippen molar-refractivity contribution in [1.82, 2.24) is 9.80 Å². The van der Waals surface area contributed by atoms with Crippen molar-refractivity contribution in [2.24, 2.45) is 0 Å². The van der Waals surface area contributed by atoms with Crippen LogP contribution in [0.5, 0.6) is 0 Å². The van der Waals surface area contributed by atoms with Gasteiger partial charge in [-0.25, -0.2) is 4.79 Å². The zero-order chi connectivity index (χ0) is 15.4. The van der Waals surface area contributed by atoms with Crippen molar-refractivity contribution in [1.29, 1.82) is 0 Å². The number of carboxylic acids is 1. The van der Waals surface area contributed by atoms with Gasteiger partial charge >= 0.3 is 12.0 Å². The summed E-state index contributed by atoms with van der Waals surface area (Å²) in [6, 6.07) is 7.36. The lowest BCUT2D eigenvalue weighted by molar-refractivity contribution is -0.137. The standard InChI is InChI=1S/C14H18ClN3O3/c1-16(10-13(19)20)14(21)18-7-5-17(6-8-18)12-4-2-3-11(15)9-12/h2-4,9H,5-8,10H2,1H3,(H,19,20). The molecule has 114 valence electrons. The van der Waals surface area contributed by atoms with E-state index in [-0.39, 0.29) is 12.6 Å². The number of likely N-dealkylation sites (N-methyl/N-ethyl adjacent to an activating group) is 1. The van der Waals surface area contributed by atoms with Crippen LogP contribution in [-0.2, 0) is 4.79 Å². The Morgan fingerprint density at radius 2 is 1.95 bits per heavy atom. The smallest absolute Gasteiger partial charge is 0.323 e. The first-order chi connectivity index (χ1) is 9.97. The van der Waals surface area contributed by atoms with Gasteiger partial charge in [0.1, 0.15) is 6.54 Å². The first kappa shape index (κ1) is 15.4. The number of halogens is 1. The maximum Gasteiger partial charge on any atom is 0.323 e. The minimum Gasteiger partial charge on any atom is -0.480 e. The summed E-state index contributed by atoms with van der Waals surface area (Å²) in [6.07, 6.45) is 0. The number of hydrogen-bond acceptors (Lipinski definition) is 3. The van der Waals surface area contributed by atoms with E-state index in [4.69, 9.17) is 16.7 Å². The van der Waals surface area contributed by atoms with Crippen molar-refractivity contribution < 1.29 is 14.7 Å². The highest BCUT2D eigenvalue weighted by Gasteiger charge is 2.24. The monoisotopic (exact) mass is 311 g/mol. The van der Waals surface area contributed by atoms with Crippen LogP contribution in [0, 0.1) is 0 Å². The summed E-state index contributed by atoms with van der Waals surface area (Å²) >= 11 is 5.98. The molecule has 1 aromatic carbocycles. The van der Waals surface area contributed by atoms with Crippen LogP contribution in [0.3, 0.4) is 0 Å². The number of carbonyl (C=O) groups excluding carboxylic acids is 1. The summed E-state index contributed by atoms with van der Waals surface area (Å²) in [4.78, 5) is 27.8. The lowest BCUT2D eigenvalue weighted by Gasteiger charge is -2.37. The first-order valence-corrected chi connectivity index (χ1v) is 7.07. The predicted molar refractivity (Wildman–Crippen MR) is 80.9 cm³/mol. The third-order valence-electron chi connectivity index (χ3n) is 3.42. The Balaban J connectivity index is 1.91. The second kappa shape index (κ2) is 6.67. The normalized spacial score (nSPS) is 15.0. The summed E-state index contributed by atoms with van der Waals surface area (Å²) in [7, 11) is 1.50. The Bertz CT molecular complexity index is 530. The molecule has 1 heterocycles. The van der Waals surface area contributed by atoms with Gasteiger partial charge in [-0.15, -0.1) is 0 Å². The van der Waals surface area contributed by atoms with Crippen LogP contribution in [0.1, 0.15) is 0 Å². The molecule has 1 saturated heterocycles. The fraction of sp³-hybridized carbons (Fsp3) is 0.429. The number of aliphatic carboxylic acids is 1. The fourth-order valence-electron chi connectivity index (χ4n) is 2.34. The highest BCUT2D eigenvalue weighted by Crippen LogP contribution is 2.20. The summed E-state index contributed by atoms with van der Waals surface area (Å²) in [5, 5.41) is 9.40. The molecule has 21 heavy (non-hydrogen) atoms. The molecule has 0 radical (unpaired) electrons. The van der Waals surface area contributed by atoms with Crippen molar-refractivity contribution in [3.63, 3.8) is 0 Å². The van der Waals surface area contributed by atoms with Crippen LogP contribution in [0.4, 0.5) is 10.5 Å². The molecule has 0 aromatic heterocycles. The number of benzene rings is 1. The lowest BCUT2D eigenvalue weighted by Crippen LogP contribution is -2.52. The number of rotatable bonds is 3. The molecule has 7 heteroatoms. The molecule has 1 N–H and O–H groups in total. The number of carboxylic acid groups (broad SMARTS) is 1. The molecule has 0 unspecified atom stereocenters. The molecule has 6 nitrogen and oxygen atoms in total. The molecule has 1 aliphatic rings. The summed E-state index contributed by atoms with van der Waals surface area (Å²) < 4.78 is 0. The molecule has 0 aliphatic carbocycles. The van der Waals surface area contributed by atoms with Crippen LogP contribution in [-0.4, -0.2) is 66.7 Å². The average Bonchev–Trinajstić information content (AvgIpc) is 2.46. The van der Waals surface area contributed by atoms with Gasteiger partial charge in [0.25, 0.3) is 0 Å². The van der Waals surface area contributed by atoms with Gasteiger partial charge in [-0.3, -0.25) is 4.79 Å². The minimum atomic E-state index is -1.01. The minimum absolute atomic E-state index is 0.247. The van der Waals surface area contributed by atoms with Gasteiger partial charge in [0.05, 0.1) is 0 Å². The lowest BCUT2D eigenvalue weighted by atomic mass is 10.2. The third kappa shape index (κ3) is 4.01. The van der Waals surface area contributed by atoms with Crippen LogP contribution >= 0.6 is 11.6 Å². The van der Waals surface area contributed by atoms with Crippen molar-refractivity contribution in [2.75, 3.05) is 44.7 Å². The van der Waals surface area contributed by atoms with Gasteiger partial charge in [0.15, 0.2) is 0 Å². The van der Waals surface area contributed by atoms with Crippen molar-refractivity contribution >= 4 is 29.3 Å². The molecule has 0 bridgehead atoms. The molecular weight excluding hydrogens is 294 g/mol. The molecule has 1 aromatic rings. The van der Waals surface area contributed by atoms with Crippen molar-refractivity contribution in [3.8, 4) is 0 Å². The SMILES string of the molecule is CN(CC(=O)O)C(=O)N1CCN(c2cccc(Cl)c2)CC1. The predicted octanol–water partition coefficient (Wildman–Crippen LogP) is 1.60. The fourth-order valence-corrected chi connectivity index (χ4v) is 2.53. The number of hydrogen-bond donors (Lipinski definition) is 1. The number of carbonyl (C=O) groups is 2. The Labute approximate surface area is 128 Å². The Morgan fingerprint density at radius 1 is 1.29 bits per heavy atom. The zero-order valence-electron chi connectivity index (χ0n) is 11.8. The van der Waals surface area contributed by atoms with Gasteiger partial charge in [-0.05, 0) is 18.2 Å². The number of amides is 2. The van der Waals surface area contributed by atoms with E-state index in [1.54, 1.807) is 4.90 Å². The van der Waals surface area contributed by atoms with E-state index in [9.17, 15) is 9.59 Å². The molecular formula is C14H18ClN3O3. The quantitative estimate of drug-likeness (QED) is 0.921. The van der Waals surface area contributed by atoms with E-state index in [1.165, 1.54) is 11.9 Å². The first-order valence-electron chi connectivity index (χ1n) is 6.69. The highest BCUT2D eigenvalue weighted by molar-refractivity contribution is 6.30. The molecule has 1 fully saturated rings. The number of nitrogens with zero attached hydrogens (tertiary/aromatic N) is 3. The van der Waals surface area contributed by atoms with Gasteiger partial charge in [0.2, 0.25) is 0 Å². The highest BCUT2D eigenvalue weighted by atomic mass is 35.5. The topological polar surface area (TPSA) is 64.1 Å². The van der Waals surface area contributed by atoms with Crippen LogP contribution in [0.15, 0.2) is 24.3 Å². The zero-order valence-corrected chi connectivity index (χ0v) is 12.6. The summed E-state index contributed by atoms with van der Waals surface area (Å²) in [5.74, 6) is -1.01. The van der Waals surface area contributed by atoms with Crippen LogP contribution in [0.25, 0.3) is 0 Å². The van der Waals surface area contributed by atoms with E-state index < -0.39 is 5.97 Å². The second-order valence-electron chi connectivity index (χ2n) is 4.99. The van der Waals surface area contributed by atoms with Gasteiger partial charge < -0.3 is 19.8 Å². The van der Waals surface area contributed by atoms with Crippen LogP contribution < -0.4 is 4.90 Å². The van der Waals surface area contributed by atoms with E-state index in [1.807, 2.05) is 24.3 Å². The molecule has 2 rings (SSSR count). The maximum atomic E-state index is 12.1. The Morgan fingerprint density at radius 3 is 2.52 bits per heavy atom. The number of anilines is 1. The summed E-state index contributed by atoms with van der Waals surface area (Å²) in [5.41, 5.74) is 1.04. The average molecular weight is 312 g/mol. The second-order valence-corrected chi connectivity index (χ2v) is 5.42. The molecule has 1 aliphatic heterocycles. The maximum absolute atomic E-state index is 12.1. The van der Waals surface area contributed by atoms with E-state index in [0.29, 0.717) is 31.2 Å². The largest absolute Gasteiger partial charge is 0.480 e. The van der Waals surface area contributed by atoms with E-state index >= 15 is 0 Å². The van der Waals surface area contributed by atoms with E-state index in [2.05, 4.69) is 4.90 Å². The summed E-state index contributed by atoms with van der Waals surface area (Å²) in [6.45, 7) is 2.25. The Kier molecular flexibility index (Phi) is 4.90. The Hall–Kier alpha value is -1.95. The molecule has 2 amide bonds. The molecule has 0 saturated carbocycles. The number of piperazine rings is 1. The molecule has 0 spiro atoms. The van der Waals surface area contributed by atoms with Gasteiger partial charge in [-0.2, -0.15) is 0 Å². The van der Waals surface area contributed by atoms with Crippen molar-refractivity contribution in [2.45, 2.75) is 0 Å². The third-order valence-corrected chi connectivity index (χ3v) is 3.66. The van der Waals surface area contributed by atoms with E-state index in [0.717, 1.165) is 5.69 Å². The van der Waals surface area contributed by atoms with Crippen molar-refractivity contribution in [3.05, 3.63) is 29.3 Å². The molecule has 0 atom stereocenters. The number of urea groups is 1. The van der Waals surface area contributed by atoms with Gasteiger partial charge in [0, 0.05) is 43.9 Å².